The number of hydrogen-bond acceptors (Lipinski definition) is 0. The molecule has 0 unspecified atom stereocenters. The minimum Gasteiger partial charge on any atom is -0.0914 e. The zero-order chi connectivity index (χ0) is 11.4. The van der Waals surface area contributed by atoms with E-state index in [0.29, 0.717) is 0 Å². The molecule has 0 heterocycles. The quantitative estimate of drug-likeness (QED) is 0.495. The Labute approximate surface area is 112 Å². The van der Waals surface area contributed by atoms with Gasteiger partial charge in [0.15, 0.2) is 0 Å². The standard InChI is InChI=1S/C16H28.CH4.2H2/c1-3-4-14-7-11-16(12-8-14)15-9-5-13(2)6-10-15;;;/h3-4,13-16H,5-12H2,1-2H3;1H4;2*1H/b4-3+;;;. The molecule has 0 aliphatic heterocycles. The van der Waals surface area contributed by atoms with Gasteiger partial charge in [-0.05, 0) is 69.1 Å². The lowest BCUT2D eigenvalue weighted by atomic mass is 9.69. The monoisotopic (exact) mass is 240 g/mol. The predicted molar refractivity (Wildman–Crippen MR) is 82.3 cm³/mol. The molecule has 0 spiro atoms. The van der Waals surface area contributed by atoms with Gasteiger partial charge in [0.1, 0.15) is 0 Å². The molecule has 0 N–H and O–H groups in total. The fourth-order valence-corrected chi connectivity index (χ4v) is 3.84. The molecule has 2 aliphatic carbocycles. The normalized spacial score (nSPS) is 38.9. The maximum atomic E-state index is 2.43. The maximum absolute atomic E-state index is 2.43. The van der Waals surface area contributed by atoms with E-state index in [1.54, 1.807) is 0 Å². The van der Waals surface area contributed by atoms with Crippen LogP contribution in [0, 0.1) is 23.7 Å². The molecular weight excluding hydrogens is 204 g/mol. The van der Waals surface area contributed by atoms with Gasteiger partial charge in [-0.1, -0.05) is 39.3 Å². The Morgan fingerprint density at radius 2 is 1.29 bits per heavy atom. The fourth-order valence-electron chi connectivity index (χ4n) is 3.84. The van der Waals surface area contributed by atoms with Crippen molar-refractivity contribution in [3.05, 3.63) is 12.2 Å². The molecule has 0 nitrogen and oxygen atoms in total. The maximum Gasteiger partial charge on any atom is 0 e. The predicted octanol–water partition coefficient (Wildman–Crippen LogP) is 6.32. The first-order chi connectivity index (χ1) is 7.79. The Bertz CT molecular complexity index is 221. The second kappa shape index (κ2) is 7.24. The molecule has 0 heteroatoms. The SMILES string of the molecule is C.C/C=C/C1CCC(C2CCC(C)CC2)CC1.[HH].[HH]. The topological polar surface area (TPSA) is 0 Å². The van der Waals surface area contributed by atoms with Crippen molar-refractivity contribution in [3.8, 4) is 0 Å². The summed E-state index contributed by atoms with van der Waals surface area (Å²) in [4.78, 5) is 0. The van der Waals surface area contributed by atoms with Gasteiger partial charge in [-0.25, -0.2) is 0 Å². The van der Waals surface area contributed by atoms with Crippen molar-refractivity contribution < 1.29 is 2.85 Å². The molecule has 2 aliphatic rings. The van der Waals surface area contributed by atoms with E-state index in [9.17, 15) is 0 Å². The molecule has 0 aromatic carbocycles. The zero-order valence-electron chi connectivity index (χ0n) is 11.1. The summed E-state index contributed by atoms with van der Waals surface area (Å²) in [6.07, 6.45) is 16.7. The third-order valence-corrected chi connectivity index (χ3v) is 5.01. The first kappa shape index (κ1) is 14.8. The molecule has 0 aromatic heterocycles. The van der Waals surface area contributed by atoms with Crippen molar-refractivity contribution in [3.63, 3.8) is 0 Å². The summed E-state index contributed by atoms with van der Waals surface area (Å²) in [5.41, 5.74) is 0. The Morgan fingerprint density at radius 3 is 1.76 bits per heavy atom. The van der Waals surface area contributed by atoms with Crippen LogP contribution in [0.3, 0.4) is 0 Å². The lowest BCUT2D eigenvalue weighted by molar-refractivity contribution is 0.160. The van der Waals surface area contributed by atoms with E-state index in [0.717, 1.165) is 23.7 Å². The minimum absolute atomic E-state index is 0. The summed E-state index contributed by atoms with van der Waals surface area (Å²) >= 11 is 0. The van der Waals surface area contributed by atoms with E-state index in [1.165, 1.54) is 51.4 Å². The summed E-state index contributed by atoms with van der Waals surface area (Å²) in [6, 6.07) is 0. The smallest absolute Gasteiger partial charge is 0 e. The Kier molecular flexibility index (Phi) is 6.30. The van der Waals surface area contributed by atoms with Crippen LogP contribution in [-0.2, 0) is 0 Å². The van der Waals surface area contributed by atoms with Crippen LogP contribution >= 0.6 is 0 Å². The molecule has 0 saturated heterocycles. The molecular formula is C17H36. The van der Waals surface area contributed by atoms with Crippen molar-refractivity contribution in [2.24, 2.45) is 23.7 Å². The molecule has 0 bridgehead atoms. The minimum atomic E-state index is 0. The van der Waals surface area contributed by atoms with E-state index < -0.39 is 0 Å². The van der Waals surface area contributed by atoms with Gasteiger partial charge in [0.2, 0.25) is 0 Å². The van der Waals surface area contributed by atoms with Crippen molar-refractivity contribution in [1.82, 2.24) is 0 Å². The highest BCUT2D eigenvalue weighted by atomic mass is 14.3. The molecule has 0 amide bonds. The van der Waals surface area contributed by atoms with Crippen molar-refractivity contribution in [1.29, 1.82) is 0 Å². The van der Waals surface area contributed by atoms with Crippen LogP contribution < -0.4 is 0 Å². The number of rotatable bonds is 2. The molecule has 2 rings (SSSR count). The van der Waals surface area contributed by atoms with Crippen LogP contribution in [0.25, 0.3) is 0 Å². The van der Waals surface area contributed by atoms with E-state index >= 15 is 0 Å². The highest BCUT2D eigenvalue weighted by Crippen LogP contribution is 2.41. The first-order valence-electron chi connectivity index (χ1n) is 7.42. The second-order valence-corrected chi connectivity index (χ2v) is 6.22. The summed E-state index contributed by atoms with van der Waals surface area (Å²) in [6.45, 7) is 4.59. The lowest BCUT2D eigenvalue weighted by Gasteiger charge is -2.36. The van der Waals surface area contributed by atoms with Crippen LogP contribution in [0.1, 0.15) is 75.5 Å². The van der Waals surface area contributed by atoms with E-state index in [-0.39, 0.29) is 10.3 Å². The van der Waals surface area contributed by atoms with Gasteiger partial charge >= 0.3 is 0 Å². The Hall–Kier alpha value is -0.260. The number of allylic oxidation sites excluding steroid dienone is 2. The third kappa shape index (κ3) is 4.16. The van der Waals surface area contributed by atoms with Gasteiger partial charge in [0.25, 0.3) is 0 Å². The van der Waals surface area contributed by atoms with Crippen molar-refractivity contribution >= 4 is 0 Å². The van der Waals surface area contributed by atoms with Gasteiger partial charge in [-0.15, -0.1) is 0 Å². The van der Waals surface area contributed by atoms with Gasteiger partial charge in [-0.2, -0.15) is 0 Å². The highest BCUT2D eigenvalue weighted by Gasteiger charge is 2.28. The summed E-state index contributed by atoms with van der Waals surface area (Å²) < 4.78 is 0. The Balaban J connectivity index is 0. The molecule has 2 fully saturated rings. The first-order valence-corrected chi connectivity index (χ1v) is 7.42. The second-order valence-electron chi connectivity index (χ2n) is 6.22. The summed E-state index contributed by atoms with van der Waals surface area (Å²) in [7, 11) is 0. The van der Waals surface area contributed by atoms with Crippen LogP contribution in [0.4, 0.5) is 0 Å². The number of hydrogen-bond donors (Lipinski definition) is 0. The average molecular weight is 240 g/mol. The van der Waals surface area contributed by atoms with E-state index in [4.69, 9.17) is 0 Å². The molecule has 0 radical (unpaired) electrons. The van der Waals surface area contributed by atoms with Gasteiger partial charge < -0.3 is 0 Å². The van der Waals surface area contributed by atoms with Crippen LogP contribution in [-0.4, -0.2) is 0 Å². The summed E-state index contributed by atoms with van der Waals surface area (Å²) in [5.74, 6) is 4.08. The molecule has 0 aromatic rings. The van der Waals surface area contributed by atoms with E-state index in [2.05, 4.69) is 26.0 Å². The average Bonchev–Trinajstić information content (AvgIpc) is 2.32. The van der Waals surface area contributed by atoms with Gasteiger partial charge in [0, 0.05) is 2.85 Å². The lowest BCUT2D eigenvalue weighted by Crippen LogP contribution is -2.24. The fraction of sp³-hybridized carbons (Fsp3) is 0.882. The third-order valence-electron chi connectivity index (χ3n) is 5.01. The Morgan fingerprint density at radius 1 is 0.824 bits per heavy atom. The van der Waals surface area contributed by atoms with Gasteiger partial charge in [0.05, 0.1) is 0 Å². The van der Waals surface area contributed by atoms with Crippen molar-refractivity contribution in [2.45, 2.75) is 72.6 Å². The molecule has 0 atom stereocenters. The van der Waals surface area contributed by atoms with Crippen molar-refractivity contribution in [2.75, 3.05) is 0 Å². The zero-order valence-corrected chi connectivity index (χ0v) is 11.1. The molecule has 104 valence electrons. The summed E-state index contributed by atoms with van der Waals surface area (Å²) in [5, 5.41) is 0. The van der Waals surface area contributed by atoms with Crippen LogP contribution in [0.2, 0.25) is 0 Å². The van der Waals surface area contributed by atoms with Gasteiger partial charge in [-0.3, -0.25) is 0 Å². The highest BCUT2D eigenvalue weighted by molar-refractivity contribution is 4.90. The molecule has 17 heavy (non-hydrogen) atoms. The van der Waals surface area contributed by atoms with E-state index in [1.807, 2.05) is 0 Å². The van der Waals surface area contributed by atoms with Crippen LogP contribution in [0.5, 0.6) is 0 Å². The molecule has 2 saturated carbocycles. The largest absolute Gasteiger partial charge is 0.0914 e. The van der Waals surface area contributed by atoms with Crippen LogP contribution in [0.15, 0.2) is 12.2 Å².